The maximum Gasteiger partial charge on any atom is 0.0215 e. The summed E-state index contributed by atoms with van der Waals surface area (Å²) in [5, 5.41) is 0. The summed E-state index contributed by atoms with van der Waals surface area (Å²) < 4.78 is 0. The molecular weight excluding hydrogens is 284 g/mol. The van der Waals surface area contributed by atoms with E-state index in [1.165, 1.54) is 11.1 Å². The Bertz CT molecular complexity index is 450. The summed E-state index contributed by atoms with van der Waals surface area (Å²) in [5.41, 5.74) is 2.83. The summed E-state index contributed by atoms with van der Waals surface area (Å²) in [6.45, 7) is 2.24. The fraction of sp³-hybridized carbons (Fsp3) is 0.294. The van der Waals surface area contributed by atoms with Gasteiger partial charge < -0.3 is 0 Å². The Morgan fingerprint density at radius 1 is 0.889 bits per heavy atom. The Morgan fingerprint density at radius 2 is 1.44 bits per heavy atom. The monoisotopic (exact) mass is 302 g/mol. The normalized spacial score (nSPS) is 14.1. The van der Waals surface area contributed by atoms with Crippen molar-refractivity contribution in [3.05, 3.63) is 71.8 Å². The zero-order chi connectivity index (χ0) is 12.8. The van der Waals surface area contributed by atoms with Gasteiger partial charge in [-0.1, -0.05) is 83.5 Å². The quantitative estimate of drug-likeness (QED) is 0.667. The van der Waals surface area contributed by atoms with Gasteiger partial charge in [-0.2, -0.15) is 0 Å². The molecule has 0 saturated heterocycles. The van der Waals surface area contributed by atoms with Gasteiger partial charge in [-0.15, -0.1) is 0 Å². The van der Waals surface area contributed by atoms with Gasteiger partial charge in [0.25, 0.3) is 0 Å². The van der Waals surface area contributed by atoms with Gasteiger partial charge in [0.05, 0.1) is 0 Å². The molecule has 18 heavy (non-hydrogen) atoms. The van der Waals surface area contributed by atoms with Crippen molar-refractivity contribution in [2.45, 2.75) is 30.5 Å². The lowest BCUT2D eigenvalue weighted by molar-refractivity contribution is 0.635. The van der Waals surface area contributed by atoms with E-state index in [0.29, 0.717) is 10.7 Å². The second kappa shape index (κ2) is 6.75. The lowest BCUT2D eigenvalue weighted by Gasteiger charge is -2.22. The molecule has 94 valence electrons. The zero-order valence-electron chi connectivity index (χ0n) is 10.7. The molecule has 0 heterocycles. The molecular formula is C17H19Br. The summed E-state index contributed by atoms with van der Waals surface area (Å²) in [6.07, 6.45) is 2.24. The molecule has 0 bridgehead atoms. The van der Waals surface area contributed by atoms with Gasteiger partial charge in [-0.3, -0.25) is 0 Å². The predicted molar refractivity (Wildman–Crippen MR) is 82.3 cm³/mol. The van der Waals surface area contributed by atoms with E-state index in [1.54, 1.807) is 0 Å². The Morgan fingerprint density at radius 3 is 2.00 bits per heavy atom. The third kappa shape index (κ3) is 3.46. The van der Waals surface area contributed by atoms with Gasteiger partial charge in [0.15, 0.2) is 0 Å². The van der Waals surface area contributed by atoms with E-state index < -0.39 is 0 Å². The van der Waals surface area contributed by atoms with Crippen LogP contribution in [0.1, 0.15) is 30.4 Å². The highest BCUT2D eigenvalue weighted by Gasteiger charge is 2.19. The Kier molecular flexibility index (Phi) is 5.00. The number of rotatable bonds is 5. The molecule has 0 amide bonds. The fourth-order valence-corrected chi connectivity index (χ4v) is 2.80. The molecule has 2 rings (SSSR count). The van der Waals surface area contributed by atoms with Gasteiger partial charge in [-0.05, 0) is 24.0 Å². The summed E-state index contributed by atoms with van der Waals surface area (Å²) in [7, 11) is 0. The lowest BCUT2D eigenvalue weighted by Crippen LogP contribution is -2.14. The van der Waals surface area contributed by atoms with Crippen molar-refractivity contribution in [1.29, 1.82) is 0 Å². The molecule has 0 aliphatic rings. The molecule has 2 aromatic rings. The third-order valence-corrected chi connectivity index (χ3v) is 4.64. The molecule has 0 nitrogen and oxygen atoms in total. The molecule has 0 aromatic heterocycles. The maximum atomic E-state index is 3.84. The van der Waals surface area contributed by atoms with E-state index in [1.807, 2.05) is 0 Å². The van der Waals surface area contributed by atoms with Crippen molar-refractivity contribution < 1.29 is 0 Å². The van der Waals surface area contributed by atoms with Gasteiger partial charge in [0.2, 0.25) is 0 Å². The Hall–Kier alpha value is -1.08. The highest BCUT2D eigenvalue weighted by atomic mass is 79.9. The van der Waals surface area contributed by atoms with Crippen LogP contribution < -0.4 is 0 Å². The first-order valence-electron chi connectivity index (χ1n) is 6.54. The van der Waals surface area contributed by atoms with Crippen LogP contribution in [0, 0.1) is 0 Å². The van der Waals surface area contributed by atoms with Crippen LogP contribution in [0.3, 0.4) is 0 Å². The van der Waals surface area contributed by atoms with Gasteiger partial charge in [0.1, 0.15) is 0 Å². The second-order valence-corrected chi connectivity index (χ2v) is 5.81. The highest BCUT2D eigenvalue weighted by molar-refractivity contribution is 9.09. The molecule has 2 aromatic carbocycles. The van der Waals surface area contributed by atoms with Gasteiger partial charge >= 0.3 is 0 Å². The van der Waals surface area contributed by atoms with Gasteiger partial charge in [-0.25, -0.2) is 0 Å². The van der Waals surface area contributed by atoms with E-state index in [-0.39, 0.29) is 0 Å². The minimum absolute atomic E-state index is 0.528. The number of alkyl halides is 1. The molecule has 0 aliphatic carbocycles. The molecule has 0 aliphatic heterocycles. The first kappa shape index (κ1) is 13.4. The standard InChI is InChI=1S/C17H19Br/c1-2-17(18)16(15-11-7-4-8-12-15)13-14-9-5-3-6-10-14/h3-12,16-17H,2,13H2,1H3. The number of halogens is 1. The van der Waals surface area contributed by atoms with Crippen molar-refractivity contribution in [2.75, 3.05) is 0 Å². The SMILES string of the molecule is CCC(Br)C(Cc1ccccc1)c1ccccc1. The van der Waals surface area contributed by atoms with Crippen LogP contribution in [0.5, 0.6) is 0 Å². The molecule has 0 N–H and O–H groups in total. The second-order valence-electron chi connectivity index (χ2n) is 4.63. The third-order valence-electron chi connectivity index (χ3n) is 3.35. The number of hydrogen-bond donors (Lipinski definition) is 0. The largest absolute Gasteiger partial charge is 0.0884 e. The van der Waals surface area contributed by atoms with Crippen molar-refractivity contribution in [3.63, 3.8) is 0 Å². The van der Waals surface area contributed by atoms with Gasteiger partial charge in [0, 0.05) is 10.7 Å². The smallest absolute Gasteiger partial charge is 0.0215 e. The summed E-state index contributed by atoms with van der Waals surface area (Å²) >= 11 is 3.84. The van der Waals surface area contributed by atoms with Crippen LogP contribution in [-0.2, 0) is 6.42 Å². The molecule has 1 heteroatoms. The van der Waals surface area contributed by atoms with Crippen LogP contribution in [0.25, 0.3) is 0 Å². The van der Waals surface area contributed by atoms with Crippen molar-refractivity contribution >= 4 is 15.9 Å². The fourth-order valence-electron chi connectivity index (χ4n) is 2.31. The predicted octanol–water partition coefficient (Wildman–Crippen LogP) is 5.19. The average molecular weight is 303 g/mol. The molecule has 0 radical (unpaired) electrons. The van der Waals surface area contributed by atoms with E-state index in [2.05, 4.69) is 83.5 Å². The first-order chi connectivity index (χ1) is 8.81. The van der Waals surface area contributed by atoms with E-state index in [0.717, 1.165) is 12.8 Å². The summed E-state index contributed by atoms with van der Waals surface area (Å²) in [5.74, 6) is 0.540. The van der Waals surface area contributed by atoms with Crippen LogP contribution in [0.4, 0.5) is 0 Å². The number of hydrogen-bond acceptors (Lipinski definition) is 0. The zero-order valence-corrected chi connectivity index (χ0v) is 12.3. The molecule has 0 spiro atoms. The summed E-state index contributed by atoms with van der Waals surface area (Å²) in [6, 6.07) is 21.5. The van der Waals surface area contributed by atoms with Crippen LogP contribution in [0.15, 0.2) is 60.7 Å². The van der Waals surface area contributed by atoms with Crippen LogP contribution >= 0.6 is 15.9 Å². The topological polar surface area (TPSA) is 0 Å². The first-order valence-corrected chi connectivity index (χ1v) is 7.45. The maximum absolute atomic E-state index is 3.84. The van der Waals surface area contributed by atoms with Crippen LogP contribution in [-0.4, -0.2) is 4.83 Å². The van der Waals surface area contributed by atoms with Crippen molar-refractivity contribution in [2.24, 2.45) is 0 Å². The van der Waals surface area contributed by atoms with E-state index in [4.69, 9.17) is 0 Å². The molecule has 2 atom stereocenters. The number of benzene rings is 2. The Balaban J connectivity index is 2.21. The molecule has 0 fully saturated rings. The molecule has 0 saturated carbocycles. The van der Waals surface area contributed by atoms with Crippen molar-refractivity contribution in [1.82, 2.24) is 0 Å². The van der Waals surface area contributed by atoms with Crippen molar-refractivity contribution in [3.8, 4) is 0 Å². The lowest BCUT2D eigenvalue weighted by atomic mass is 9.88. The minimum Gasteiger partial charge on any atom is -0.0884 e. The van der Waals surface area contributed by atoms with E-state index in [9.17, 15) is 0 Å². The average Bonchev–Trinajstić information content (AvgIpc) is 2.46. The van der Waals surface area contributed by atoms with E-state index >= 15 is 0 Å². The highest BCUT2D eigenvalue weighted by Crippen LogP contribution is 2.30. The summed E-state index contributed by atoms with van der Waals surface area (Å²) in [4.78, 5) is 0.528. The van der Waals surface area contributed by atoms with Crippen LogP contribution in [0.2, 0.25) is 0 Å². The minimum atomic E-state index is 0.528. The Labute approximate surface area is 118 Å². The molecule has 2 unspecified atom stereocenters.